The van der Waals surface area contributed by atoms with Gasteiger partial charge in [-0.1, -0.05) is 6.07 Å². The quantitative estimate of drug-likeness (QED) is 0.814. The van der Waals surface area contributed by atoms with Crippen molar-refractivity contribution in [1.29, 1.82) is 0 Å². The van der Waals surface area contributed by atoms with Crippen LogP contribution in [0.2, 0.25) is 0 Å². The van der Waals surface area contributed by atoms with Gasteiger partial charge >= 0.3 is 0 Å². The Bertz CT molecular complexity index is 712. The number of hydrogen-bond donors (Lipinski definition) is 2. The minimum atomic E-state index is -3.59. The van der Waals surface area contributed by atoms with Gasteiger partial charge in [0.15, 0.2) is 0 Å². The van der Waals surface area contributed by atoms with E-state index in [9.17, 15) is 8.42 Å². The molecule has 3 N–H and O–H groups in total. The molecule has 1 aromatic heterocycles. The molecule has 0 bridgehead atoms. The van der Waals surface area contributed by atoms with Crippen molar-refractivity contribution in [2.24, 2.45) is 5.73 Å². The van der Waals surface area contributed by atoms with Crippen LogP contribution in [0.25, 0.3) is 0 Å². The van der Waals surface area contributed by atoms with Gasteiger partial charge in [0.2, 0.25) is 10.0 Å². The third-order valence-corrected chi connectivity index (χ3v) is 5.85. The number of hydrogen-bond acceptors (Lipinski definition) is 4. The van der Waals surface area contributed by atoms with Crippen LogP contribution in [-0.2, 0) is 23.0 Å². The van der Waals surface area contributed by atoms with Crippen molar-refractivity contribution in [2.75, 3.05) is 6.54 Å². The molecule has 7 heteroatoms. The SMILES string of the molecule is Cc1cc(CN)cc(S(=O)(=O)NCCc2ccco2)c1Br. The molecule has 114 valence electrons. The Labute approximate surface area is 132 Å². The normalized spacial score (nSPS) is 11.8. The lowest BCUT2D eigenvalue weighted by Crippen LogP contribution is -2.26. The van der Waals surface area contributed by atoms with Gasteiger partial charge in [0.25, 0.3) is 0 Å². The van der Waals surface area contributed by atoms with E-state index in [1.807, 2.05) is 19.1 Å². The molecule has 0 aliphatic heterocycles. The van der Waals surface area contributed by atoms with Crippen LogP contribution in [0.4, 0.5) is 0 Å². The highest BCUT2D eigenvalue weighted by molar-refractivity contribution is 9.10. The molecule has 0 saturated carbocycles. The van der Waals surface area contributed by atoms with E-state index < -0.39 is 10.0 Å². The minimum Gasteiger partial charge on any atom is -0.469 e. The lowest BCUT2D eigenvalue weighted by molar-refractivity contribution is 0.506. The molecule has 0 fully saturated rings. The summed E-state index contributed by atoms with van der Waals surface area (Å²) in [6.45, 7) is 2.41. The van der Waals surface area contributed by atoms with Gasteiger partial charge in [0, 0.05) is 24.0 Å². The van der Waals surface area contributed by atoms with Crippen LogP contribution < -0.4 is 10.5 Å². The molecule has 21 heavy (non-hydrogen) atoms. The number of nitrogens with one attached hydrogen (secondary N) is 1. The zero-order valence-corrected chi connectivity index (χ0v) is 14.0. The molecule has 0 unspecified atom stereocenters. The number of aryl methyl sites for hydroxylation is 1. The Hall–Kier alpha value is -1.15. The molecule has 0 spiro atoms. The fraction of sp³-hybridized carbons (Fsp3) is 0.286. The number of nitrogens with two attached hydrogens (primary N) is 1. The smallest absolute Gasteiger partial charge is 0.241 e. The Morgan fingerprint density at radius 1 is 1.38 bits per heavy atom. The van der Waals surface area contributed by atoms with Gasteiger partial charge in [-0.25, -0.2) is 13.1 Å². The van der Waals surface area contributed by atoms with Crippen molar-refractivity contribution in [1.82, 2.24) is 4.72 Å². The highest BCUT2D eigenvalue weighted by Crippen LogP contribution is 2.27. The molecule has 0 radical (unpaired) electrons. The predicted octanol–water partition coefficient (Wildman–Crippen LogP) is 2.33. The van der Waals surface area contributed by atoms with Crippen LogP contribution in [0, 0.1) is 6.92 Å². The predicted molar refractivity (Wildman–Crippen MR) is 84.4 cm³/mol. The first-order valence-electron chi connectivity index (χ1n) is 6.45. The maximum atomic E-state index is 12.4. The number of halogens is 1. The molecule has 1 heterocycles. The first-order chi connectivity index (χ1) is 9.94. The molecular formula is C14H17BrN2O3S. The van der Waals surface area contributed by atoms with E-state index >= 15 is 0 Å². The summed E-state index contributed by atoms with van der Waals surface area (Å²) in [7, 11) is -3.59. The monoisotopic (exact) mass is 372 g/mol. The van der Waals surface area contributed by atoms with E-state index in [1.165, 1.54) is 0 Å². The average Bonchev–Trinajstić information content (AvgIpc) is 2.94. The van der Waals surface area contributed by atoms with Gasteiger partial charge in [-0.2, -0.15) is 0 Å². The fourth-order valence-electron chi connectivity index (χ4n) is 1.96. The van der Waals surface area contributed by atoms with E-state index in [-0.39, 0.29) is 11.4 Å². The van der Waals surface area contributed by atoms with Crippen LogP contribution >= 0.6 is 15.9 Å². The molecule has 0 aliphatic carbocycles. The largest absolute Gasteiger partial charge is 0.469 e. The summed E-state index contributed by atoms with van der Waals surface area (Å²) in [4.78, 5) is 0.211. The van der Waals surface area contributed by atoms with Gasteiger partial charge in [-0.05, 0) is 52.2 Å². The number of rotatable bonds is 6. The maximum absolute atomic E-state index is 12.4. The van der Waals surface area contributed by atoms with Crippen LogP contribution in [-0.4, -0.2) is 15.0 Å². The topological polar surface area (TPSA) is 85.3 Å². The van der Waals surface area contributed by atoms with Gasteiger partial charge in [0.1, 0.15) is 5.76 Å². The molecule has 1 aromatic carbocycles. The molecule has 2 rings (SSSR count). The molecule has 5 nitrogen and oxygen atoms in total. The van der Waals surface area contributed by atoms with Crippen LogP contribution in [0.3, 0.4) is 0 Å². The molecule has 2 aromatic rings. The lowest BCUT2D eigenvalue weighted by atomic mass is 10.1. The molecule has 0 saturated heterocycles. The molecular weight excluding hydrogens is 356 g/mol. The summed E-state index contributed by atoms with van der Waals surface area (Å²) in [5.74, 6) is 0.739. The first-order valence-corrected chi connectivity index (χ1v) is 8.73. The van der Waals surface area contributed by atoms with E-state index in [0.717, 1.165) is 16.9 Å². The number of furan rings is 1. The number of benzene rings is 1. The number of sulfonamides is 1. The summed E-state index contributed by atoms with van der Waals surface area (Å²) in [6, 6.07) is 7.04. The van der Waals surface area contributed by atoms with Crippen molar-refractivity contribution in [3.05, 3.63) is 51.9 Å². The zero-order valence-electron chi connectivity index (χ0n) is 11.6. The Morgan fingerprint density at radius 2 is 2.14 bits per heavy atom. The van der Waals surface area contributed by atoms with Gasteiger partial charge in [-0.15, -0.1) is 0 Å². The van der Waals surface area contributed by atoms with Crippen molar-refractivity contribution in [3.8, 4) is 0 Å². The van der Waals surface area contributed by atoms with Crippen LogP contribution in [0.5, 0.6) is 0 Å². The molecule has 0 aliphatic rings. The molecule has 0 atom stereocenters. The third-order valence-electron chi connectivity index (χ3n) is 3.05. The molecule has 0 amide bonds. The van der Waals surface area contributed by atoms with Crippen LogP contribution in [0.1, 0.15) is 16.9 Å². The standard InChI is InChI=1S/C14H17BrN2O3S/c1-10-7-11(9-16)8-13(14(10)15)21(18,19)17-5-4-12-3-2-6-20-12/h2-3,6-8,17H,4-5,9,16H2,1H3. The maximum Gasteiger partial charge on any atom is 0.241 e. The summed E-state index contributed by atoms with van der Waals surface area (Å²) < 4.78 is 33.1. The second-order valence-electron chi connectivity index (χ2n) is 4.66. The van der Waals surface area contributed by atoms with Crippen LogP contribution in [0.15, 0.2) is 44.3 Å². The average molecular weight is 373 g/mol. The highest BCUT2D eigenvalue weighted by atomic mass is 79.9. The van der Waals surface area contributed by atoms with Crippen molar-refractivity contribution >= 4 is 26.0 Å². The summed E-state index contributed by atoms with van der Waals surface area (Å²) in [6.07, 6.45) is 2.06. The van der Waals surface area contributed by atoms with E-state index in [4.69, 9.17) is 10.2 Å². The van der Waals surface area contributed by atoms with Gasteiger partial charge < -0.3 is 10.2 Å². The first kappa shape index (κ1) is 16.2. The van der Waals surface area contributed by atoms with Gasteiger partial charge in [-0.3, -0.25) is 0 Å². The Balaban J connectivity index is 2.17. The second-order valence-corrected chi connectivity index (χ2v) is 7.18. The zero-order chi connectivity index (χ0) is 15.5. The summed E-state index contributed by atoms with van der Waals surface area (Å²) in [5.41, 5.74) is 7.22. The van der Waals surface area contributed by atoms with Crippen molar-refractivity contribution < 1.29 is 12.8 Å². The second kappa shape index (κ2) is 6.74. The highest BCUT2D eigenvalue weighted by Gasteiger charge is 2.19. The third kappa shape index (κ3) is 3.94. The fourth-order valence-corrected chi connectivity index (χ4v) is 4.06. The van der Waals surface area contributed by atoms with Crippen molar-refractivity contribution in [2.45, 2.75) is 24.8 Å². The summed E-state index contributed by atoms with van der Waals surface area (Å²) in [5, 5.41) is 0. The van der Waals surface area contributed by atoms with E-state index in [0.29, 0.717) is 17.4 Å². The Morgan fingerprint density at radius 3 is 2.76 bits per heavy atom. The minimum absolute atomic E-state index is 0.211. The Kier molecular flexibility index (Phi) is 5.21. The summed E-state index contributed by atoms with van der Waals surface area (Å²) >= 11 is 3.33. The van der Waals surface area contributed by atoms with E-state index in [1.54, 1.807) is 18.4 Å². The van der Waals surface area contributed by atoms with Crippen molar-refractivity contribution in [3.63, 3.8) is 0 Å². The lowest BCUT2D eigenvalue weighted by Gasteiger charge is -2.11. The van der Waals surface area contributed by atoms with E-state index in [2.05, 4.69) is 20.7 Å². The van der Waals surface area contributed by atoms with Gasteiger partial charge in [0.05, 0.1) is 11.2 Å².